The van der Waals surface area contributed by atoms with Gasteiger partial charge in [-0.3, -0.25) is 9.69 Å². The maximum atomic E-state index is 11.1. The molecule has 2 N–H and O–H groups in total. The highest BCUT2D eigenvalue weighted by atomic mass is 16.3. The molecule has 0 aromatic heterocycles. The van der Waals surface area contributed by atoms with Gasteiger partial charge >= 0.3 is 0 Å². The van der Waals surface area contributed by atoms with Crippen molar-refractivity contribution in [2.24, 2.45) is 0 Å². The van der Waals surface area contributed by atoms with Gasteiger partial charge in [-0.05, 0) is 19.5 Å². The molecule has 1 fully saturated rings. The highest BCUT2D eigenvalue weighted by Gasteiger charge is 2.14. The molecule has 0 radical (unpaired) electrons. The van der Waals surface area contributed by atoms with Crippen LogP contribution in [-0.2, 0) is 4.79 Å². The average Bonchev–Trinajstić information content (AvgIpc) is 2.52. The lowest BCUT2D eigenvalue weighted by Crippen LogP contribution is -2.34. The summed E-state index contributed by atoms with van der Waals surface area (Å²) in [6.07, 6.45) is 1.70. The topological polar surface area (TPSA) is 55.8 Å². The molecule has 1 amide bonds. The minimum absolute atomic E-state index is 0.108. The fourth-order valence-corrected chi connectivity index (χ4v) is 2.00. The molecule has 5 heteroatoms. The van der Waals surface area contributed by atoms with E-state index in [0.29, 0.717) is 6.42 Å². The third-order valence-electron chi connectivity index (χ3n) is 3.03. The zero-order valence-electron chi connectivity index (χ0n) is 10.1. The van der Waals surface area contributed by atoms with E-state index in [4.69, 9.17) is 5.11 Å². The molecule has 0 saturated carbocycles. The number of nitrogens with zero attached hydrogens (tertiary/aromatic N) is 2. The van der Waals surface area contributed by atoms with Crippen molar-refractivity contribution in [2.45, 2.75) is 12.8 Å². The van der Waals surface area contributed by atoms with E-state index in [2.05, 4.69) is 15.1 Å². The van der Waals surface area contributed by atoms with Crippen molar-refractivity contribution in [3.63, 3.8) is 0 Å². The summed E-state index contributed by atoms with van der Waals surface area (Å²) >= 11 is 0. The standard InChI is InChI=1S/C11H23N3O2/c1-12-11(16)3-6-13-4-2-5-14(8-7-13)9-10-15/h15H,2-10H2,1H3,(H,12,16). The second kappa shape index (κ2) is 7.60. The summed E-state index contributed by atoms with van der Waals surface area (Å²) in [6, 6.07) is 0. The number of amides is 1. The summed E-state index contributed by atoms with van der Waals surface area (Å²) in [5.74, 6) is 0.108. The van der Waals surface area contributed by atoms with Gasteiger partial charge in [0.05, 0.1) is 6.61 Å². The molecule has 1 saturated heterocycles. The fourth-order valence-electron chi connectivity index (χ4n) is 2.00. The predicted octanol–water partition coefficient (Wildman–Crippen LogP) is -0.877. The Morgan fingerprint density at radius 3 is 2.38 bits per heavy atom. The van der Waals surface area contributed by atoms with Crippen molar-refractivity contribution in [3.8, 4) is 0 Å². The van der Waals surface area contributed by atoms with Crippen LogP contribution in [0.1, 0.15) is 12.8 Å². The Kier molecular flexibility index (Phi) is 6.37. The van der Waals surface area contributed by atoms with Crippen molar-refractivity contribution in [1.29, 1.82) is 0 Å². The molecule has 0 aliphatic carbocycles. The lowest BCUT2D eigenvalue weighted by molar-refractivity contribution is -0.120. The number of aliphatic hydroxyl groups excluding tert-OH is 1. The summed E-state index contributed by atoms with van der Waals surface area (Å²) in [5.41, 5.74) is 0. The molecule has 0 atom stereocenters. The predicted molar refractivity (Wildman–Crippen MR) is 63.3 cm³/mol. The van der Waals surface area contributed by atoms with Crippen LogP contribution in [0.2, 0.25) is 0 Å². The van der Waals surface area contributed by atoms with Crippen LogP contribution < -0.4 is 5.32 Å². The summed E-state index contributed by atoms with van der Waals surface area (Å²) in [6.45, 7) is 5.94. The van der Waals surface area contributed by atoms with Gasteiger partial charge in [-0.1, -0.05) is 0 Å². The number of carbonyl (C=O) groups is 1. The quantitative estimate of drug-likeness (QED) is 0.643. The van der Waals surface area contributed by atoms with E-state index in [1.807, 2.05) is 0 Å². The van der Waals surface area contributed by atoms with Crippen molar-refractivity contribution in [1.82, 2.24) is 15.1 Å². The normalized spacial score (nSPS) is 19.4. The molecule has 16 heavy (non-hydrogen) atoms. The van der Waals surface area contributed by atoms with Gasteiger partial charge in [0.25, 0.3) is 0 Å². The van der Waals surface area contributed by atoms with Gasteiger partial charge in [0.15, 0.2) is 0 Å². The van der Waals surface area contributed by atoms with Gasteiger partial charge in [-0.2, -0.15) is 0 Å². The highest BCUT2D eigenvalue weighted by molar-refractivity contribution is 5.75. The average molecular weight is 229 g/mol. The van der Waals surface area contributed by atoms with Crippen LogP contribution in [0.3, 0.4) is 0 Å². The van der Waals surface area contributed by atoms with Crippen molar-refractivity contribution < 1.29 is 9.90 Å². The Morgan fingerprint density at radius 2 is 1.81 bits per heavy atom. The smallest absolute Gasteiger partial charge is 0.221 e. The second-order valence-electron chi connectivity index (χ2n) is 4.18. The minimum Gasteiger partial charge on any atom is -0.395 e. The molecule has 1 aliphatic rings. The minimum atomic E-state index is 0.108. The van der Waals surface area contributed by atoms with Gasteiger partial charge in [0.2, 0.25) is 5.91 Å². The number of carbonyl (C=O) groups excluding carboxylic acids is 1. The maximum absolute atomic E-state index is 11.1. The van der Waals surface area contributed by atoms with Gasteiger partial charge in [0, 0.05) is 39.6 Å². The number of hydrogen-bond donors (Lipinski definition) is 2. The molecular weight excluding hydrogens is 206 g/mol. The van der Waals surface area contributed by atoms with Crippen LogP contribution in [0.5, 0.6) is 0 Å². The summed E-state index contributed by atoms with van der Waals surface area (Å²) in [5, 5.41) is 11.5. The molecule has 0 spiro atoms. The SMILES string of the molecule is CNC(=O)CCN1CCCN(CCO)CC1. The molecule has 0 aromatic carbocycles. The zero-order chi connectivity index (χ0) is 11.8. The molecule has 0 aromatic rings. The van der Waals surface area contributed by atoms with Crippen LogP contribution in [0.15, 0.2) is 0 Å². The third kappa shape index (κ3) is 4.92. The van der Waals surface area contributed by atoms with Crippen LogP contribution in [0, 0.1) is 0 Å². The van der Waals surface area contributed by atoms with E-state index < -0.39 is 0 Å². The van der Waals surface area contributed by atoms with E-state index in [-0.39, 0.29) is 12.5 Å². The first-order valence-corrected chi connectivity index (χ1v) is 6.02. The number of nitrogens with one attached hydrogen (secondary N) is 1. The molecule has 1 heterocycles. The first kappa shape index (κ1) is 13.4. The lowest BCUT2D eigenvalue weighted by Gasteiger charge is -2.20. The highest BCUT2D eigenvalue weighted by Crippen LogP contribution is 2.03. The van der Waals surface area contributed by atoms with Crippen LogP contribution in [-0.4, -0.2) is 73.7 Å². The van der Waals surface area contributed by atoms with Crippen LogP contribution in [0.4, 0.5) is 0 Å². The molecule has 1 rings (SSSR count). The third-order valence-corrected chi connectivity index (χ3v) is 3.03. The van der Waals surface area contributed by atoms with E-state index in [1.54, 1.807) is 7.05 Å². The van der Waals surface area contributed by atoms with Gasteiger partial charge < -0.3 is 15.3 Å². The number of β-amino-alcohol motifs (C(OH)–C–C–N with tert-alkyl or cyclic N) is 1. The monoisotopic (exact) mass is 229 g/mol. The molecular formula is C11H23N3O2. The first-order valence-electron chi connectivity index (χ1n) is 6.02. The largest absolute Gasteiger partial charge is 0.395 e. The Hall–Kier alpha value is -0.650. The van der Waals surface area contributed by atoms with Gasteiger partial charge in [-0.25, -0.2) is 0 Å². The molecule has 94 valence electrons. The van der Waals surface area contributed by atoms with E-state index in [9.17, 15) is 4.79 Å². The Bertz CT molecular complexity index is 211. The Balaban J connectivity index is 2.22. The fraction of sp³-hybridized carbons (Fsp3) is 0.909. The molecule has 1 aliphatic heterocycles. The molecule has 5 nitrogen and oxygen atoms in total. The Labute approximate surface area is 97.4 Å². The van der Waals surface area contributed by atoms with Crippen molar-refractivity contribution in [2.75, 3.05) is 52.9 Å². The van der Waals surface area contributed by atoms with Gasteiger partial charge in [-0.15, -0.1) is 0 Å². The maximum Gasteiger partial charge on any atom is 0.221 e. The van der Waals surface area contributed by atoms with Crippen molar-refractivity contribution >= 4 is 5.91 Å². The number of rotatable bonds is 5. The summed E-state index contributed by atoms with van der Waals surface area (Å²) < 4.78 is 0. The molecule has 0 bridgehead atoms. The number of hydrogen-bond acceptors (Lipinski definition) is 4. The van der Waals surface area contributed by atoms with Gasteiger partial charge in [0.1, 0.15) is 0 Å². The zero-order valence-corrected chi connectivity index (χ0v) is 10.1. The van der Waals surface area contributed by atoms with Crippen LogP contribution >= 0.6 is 0 Å². The summed E-state index contributed by atoms with van der Waals surface area (Å²) in [7, 11) is 1.67. The first-order chi connectivity index (χ1) is 7.76. The second-order valence-corrected chi connectivity index (χ2v) is 4.18. The van der Waals surface area contributed by atoms with Crippen LogP contribution in [0.25, 0.3) is 0 Å². The van der Waals surface area contributed by atoms with E-state index in [1.165, 1.54) is 0 Å². The Morgan fingerprint density at radius 1 is 1.19 bits per heavy atom. The van der Waals surface area contributed by atoms with E-state index in [0.717, 1.165) is 45.7 Å². The lowest BCUT2D eigenvalue weighted by atomic mass is 10.3. The number of aliphatic hydroxyl groups is 1. The van der Waals surface area contributed by atoms with E-state index >= 15 is 0 Å². The summed E-state index contributed by atoms with van der Waals surface area (Å²) in [4.78, 5) is 15.7. The molecule has 0 unspecified atom stereocenters. The van der Waals surface area contributed by atoms with Crippen molar-refractivity contribution in [3.05, 3.63) is 0 Å².